The molecule has 2 aromatic carbocycles. The van der Waals surface area contributed by atoms with E-state index < -0.39 is 10.0 Å². The van der Waals surface area contributed by atoms with Crippen LogP contribution in [-0.2, 0) is 14.8 Å². The van der Waals surface area contributed by atoms with E-state index in [9.17, 15) is 13.2 Å². The minimum Gasteiger partial charge on any atom is -0.377 e. The maximum Gasteiger partial charge on any atom is 0.255 e. The van der Waals surface area contributed by atoms with Gasteiger partial charge in [0.15, 0.2) is 0 Å². The molecule has 2 aliphatic heterocycles. The van der Waals surface area contributed by atoms with E-state index in [1.807, 2.05) is 24.3 Å². The van der Waals surface area contributed by atoms with Crippen molar-refractivity contribution in [1.29, 1.82) is 0 Å². The molecule has 0 bridgehead atoms. The standard InChI is InChI=1S/C23H29N3O4S/c27-23(25-21-11-2-3-12-22(21)26-13-4-1-5-14-26)18-8-6-10-20(16-18)31(28,29)24-17-19-9-7-15-30-19/h2-3,6,8,10-12,16,19,24H,1,4-5,7,9,13-15,17H2,(H,25,27)/t19-/m1/s1. The zero-order chi connectivity index (χ0) is 21.7. The van der Waals surface area contributed by atoms with Gasteiger partial charge in [-0.15, -0.1) is 0 Å². The second-order valence-corrected chi connectivity index (χ2v) is 9.80. The van der Waals surface area contributed by atoms with Crippen LogP contribution in [-0.4, -0.2) is 46.7 Å². The highest BCUT2D eigenvalue weighted by atomic mass is 32.2. The first-order chi connectivity index (χ1) is 15.0. The number of hydrogen-bond acceptors (Lipinski definition) is 5. The molecule has 4 rings (SSSR count). The summed E-state index contributed by atoms with van der Waals surface area (Å²) >= 11 is 0. The van der Waals surface area contributed by atoms with Crippen LogP contribution < -0.4 is 14.9 Å². The third kappa shape index (κ3) is 5.44. The number of nitrogens with one attached hydrogen (secondary N) is 2. The number of piperidine rings is 1. The molecule has 166 valence electrons. The van der Waals surface area contributed by atoms with Crippen LogP contribution in [0.5, 0.6) is 0 Å². The molecule has 0 unspecified atom stereocenters. The van der Waals surface area contributed by atoms with Gasteiger partial charge in [-0.2, -0.15) is 0 Å². The van der Waals surface area contributed by atoms with Gasteiger partial charge in [0, 0.05) is 31.8 Å². The van der Waals surface area contributed by atoms with Crippen molar-refractivity contribution in [2.45, 2.75) is 43.1 Å². The summed E-state index contributed by atoms with van der Waals surface area (Å²) in [6.07, 6.45) is 5.21. The molecular formula is C23H29N3O4S. The SMILES string of the molecule is O=C(Nc1ccccc1N1CCCCC1)c1cccc(S(=O)(=O)NC[C@H]2CCCO2)c1. The van der Waals surface area contributed by atoms with Gasteiger partial charge in [-0.05, 0) is 62.4 Å². The number of para-hydroxylation sites is 2. The summed E-state index contributed by atoms with van der Waals surface area (Å²) in [5, 5.41) is 2.96. The van der Waals surface area contributed by atoms with Gasteiger partial charge >= 0.3 is 0 Å². The first kappa shape index (κ1) is 21.8. The predicted octanol–water partition coefficient (Wildman–Crippen LogP) is 3.39. The molecular weight excluding hydrogens is 414 g/mol. The number of ether oxygens (including phenoxy) is 1. The normalized spacial score (nSPS) is 19.4. The van der Waals surface area contributed by atoms with Crippen molar-refractivity contribution in [3.05, 3.63) is 54.1 Å². The van der Waals surface area contributed by atoms with Gasteiger partial charge in [-0.25, -0.2) is 13.1 Å². The van der Waals surface area contributed by atoms with Crippen molar-refractivity contribution in [2.24, 2.45) is 0 Å². The van der Waals surface area contributed by atoms with E-state index in [1.54, 1.807) is 12.1 Å². The van der Waals surface area contributed by atoms with E-state index in [1.165, 1.54) is 18.6 Å². The highest BCUT2D eigenvalue weighted by molar-refractivity contribution is 7.89. The van der Waals surface area contributed by atoms with Crippen molar-refractivity contribution >= 4 is 27.3 Å². The lowest BCUT2D eigenvalue weighted by Crippen LogP contribution is -2.32. The van der Waals surface area contributed by atoms with E-state index in [-0.39, 0.29) is 23.5 Å². The number of amides is 1. The van der Waals surface area contributed by atoms with Crippen molar-refractivity contribution in [3.63, 3.8) is 0 Å². The topological polar surface area (TPSA) is 87.7 Å². The Morgan fingerprint density at radius 2 is 1.84 bits per heavy atom. The molecule has 2 heterocycles. The van der Waals surface area contributed by atoms with E-state index in [4.69, 9.17) is 4.74 Å². The fourth-order valence-corrected chi connectivity index (χ4v) is 5.19. The number of hydrogen-bond donors (Lipinski definition) is 2. The predicted molar refractivity (Wildman–Crippen MR) is 121 cm³/mol. The highest BCUT2D eigenvalue weighted by Crippen LogP contribution is 2.28. The fourth-order valence-electron chi connectivity index (χ4n) is 4.08. The van der Waals surface area contributed by atoms with Gasteiger partial charge in [-0.1, -0.05) is 18.2 Å². The van der Waals surface area contributed by atoms with Crippen LogP contribution in [0.2, 0.25) is 0 Å². The molecule has 0 aromatic heterocycles. The van der Waals surface area contributed by atoms with Crippen molar-refractivity contribution in [2.75, 3.05) is 36.5 Å². The first-order valence-electron chi connectivity index (χ1n) is 10.9. The Kier molecular flexibility index (Phi) is 6.89. The molecule has 1 atom stereocenters. The van der Waals surface area contributed by atoms with E-state index in [0.717, 1.165) is 50.1 Å². The van der Waals surface area contributed by atoms with Crippen LogP contribution in [0, 0.1) is 0 Å². The summed E-state index contributed by atoms with van der Waals surface area (Å²) in [7, 11) is -3.72. The Hall–Kier alpha value is -2.42. The number of carbonyl (C=O) groups excluding carboxylic acids is 1. The average molecular weight is 444 g/mol. The van der Waals surface area contributed by atoms with Gasteiger partial charge in [0.05, 0.1) is 22.4 Å². The summed E-state index contributed by atoms with van der Waals surface area (Å²) < 4.78 is 33.4. The Balaban J connectivity index is 1.47. The summed E-state index contributed by atoms with van der Waals surface area (Å²) in [5.41, 5.74) is 2.03. The van der Waals surface area contributed by atoms with Gasteiger partial charge in [0.25, 0.3) is 5.91 Å². The zero-order valence-electron chi connectivity index (χ0n) is 17.5. The quantitative estimate of drug-likeness (QED) is 0.685. The lowest BCUT2D eigenvalue weighted by molar-refractivity contribution is 0.102. The molecule has 2 saturated heterocycles. The Labute approximate surface area is 183 Å². The van der Waals surface area contributed by atoms with E-state index >= 15 is 0 Å². The van der Waals surface area contributed by atoms with Gasteiger partial charge in [0.2, 0.25) is 10.0 Å². The largest absolute Gasteiger partial charge is 0.377 e. The first-order valence-corrected chi connectivity index (χ1v) is 12.4. The number of rotatable bonds is 7. The maximum absolute atomic E-state index is 12.9. The number of benzene rings is 2. The van der Waals surface area contributed by atoms with Crippen molar-refractivity contribution < 1.29 is 17.9 Å². The summed E-state index contributed by atoms with van der Waals surface area (Å²) in [4.78, 5) is 15.3. The van der Waals surface area contributed by atoms with Crippen LogP contribution in [0.1, 0.15) is 42.5 Å². The molecule has 0 saturated carbocycles. The number of sulfonamides is 1. The molecule has 0 radical (unpaired) electrons. The molecule has 2 N–H and O–H groups in total. The molecule has 2 fully saturated rings. The summed E-state index contributed by atoms with van der Waals surface area (Å²) in [5.74, 6) is -0.333. The third-order valence-corrected chi connectivity index (χ3v) is 7.20. The molecule has 2 aromatic rings. The lowest BCUT2D eigenvalue weighted by Gasteiger charge is -2.30. The second-order valence-electron chi connectivity index (χ2n) is 8.03. The van der Waals surface area contributed by atoms with Crippen molar-refractivity contribution in [3.8, 4) is 0 Å². The summed E-state index contributed by atoms with van der Waals surface area (Å²) in [6, 6.07) is 13.9. The second kappa shape index (κ2) is 9.80. The number of carbonyl (C=O) groups is 1. The molecule has 8 heteroatoms. The van der Waals surface area contributed by atoms with Gasteiger partial charge in [-0.3, -0.25) is 4.79 Å². The Morgan fingerprint density at radius 3 is 2.61 bits per heavy atom. The molecule has 7 nitrogen and oxygen atoms in total. The van der Waals surface area contributed by atoms with E-state index in [2.05, 4.69) is 14.9 Å². The number of anilines is 2. The van der Waals surface area contributed by atoms with Crippen molar-refractivity contribution in [1.82, 2.24) is 4.72 Å². The lowest BCUT2D eigenvalue weighted by atomic mass is 10.1. The Morgan fingerprint density at radius 1 is 1.03 bits per heavy atom. The van der Waals surface area contributed by atoms with E-state index in [0.29, 0.717) is 12.2 Å². The highest BCUT2D eigenvalue weighted by Gasteiger charge is 2.22. The number of nitrogens with zero attached hydrogens (tertiary/aromatic N) is 1. The van der Waals surface area contributed by atoms with Gasteiger partial charge in [0.1, 0.15) is 0 Å². The smallest absolute Gasteiger partial charge is 0.255 e. The van der Waals surface area contributed by atoms with Crippen LogP contribution in [0.15, 0.2) is 53.4 Å². The molecule has 31 heavy (non-hydrogen) atoms. The Bertz CT molecular complexity index is 1010. The third-order valence-electron chi connectivity index (χ3n) is 5.78. The zero-order valence-corrected chi connectivity index (χ0v) is 18.4. The average Bonchev–Trinajstić information content (AvgIpc) is 3.33. The fraction of sp³-hybridized carbons (Fsp3) is 0.435. The molecule has 0 aliphatic carbocycles. The minimum absolute atomic E-state index is 0.0717. The van der Waals surface area contributed by atoms with Crippen LogP contribution in [0.25, 0.3) is 0 Å². The monoisotopic (exact) mass is 443 g/mol. The van der Waals surface area contributed by atoms with Crippen LogP contribution in [0.3, 0.4) is 0 Å². The molecule has 2 aliphatic rings. The summed E-state index contributed by atoms with van der Waals surface area (Å²) in [6.45, 7) is 2.84. The molecule has 0 spiro atoms. The van der Waals surface area contributed by atoms with Gasteiger partial charge < -0.3 is 15.0 Å². The minimum atomic E-state index is -3.72. The molecule has 1 amide bonds. The van der Waals surface area contributed by atoms with Crippen LogP contribution in [0.4, 0.5) is 11.4 Å². The maximum atomic E-state index is 12.9. The van der Waals surface area contributed by atoms with Crippen LogP contribution >= 0.6 is 0 Å².